The molecule has 0 bridgehead atoms. The summed E-state index contributed by atoms with van der Waals surface area (Å²) in [7, 11) is 0. The van der Waals surface area contributed by atoms with E-state index < -0.39 is 12.0 Å². The summed E-state index contributed by atoms with van der Waals surface area (Å²) in [5, 5.41) is 14.7. The number of amides is 2. The van der Waals surface area contributed by atoms with Crippen molar-refractivity contribution in [2.45, 2.75) is 6.92 Å². The number of urea groups is 1. The summed E-state index contributed by atoms with van der Waals surface area (Å²) in [5.41, 5.74) is 1.08. The molecule has 0 aliphatic carbocycles. The molecule has 0 saturated heterocycles. The average molecular weight is 328 g/mol. The van der Waals surface area contributed by atoms with E-state index in [0.717, 1.165) is 0 Å². The first-order chi connectivity index (χ1) is 9.88. The van der Waals surface area contributed by atoms with Crippen molar-refractivity contribution < 1.29 is 14.7 Å². The quantitative estimate of drug-likeness (QED) is 0.686. The molecule has 0 fully saturated rings. The highest BCUT2D eigenvalue weighted by Crippen LogP contribution is 2.25. The number of aromatic amines is 1. The zero-order valence-corrected chi connectivity index (χ0v) is 12.3. The Morgan fingerprint density at radius 3 is 2.52 bits per heavy atom. The van der Waals surface area contributed by atoms with Crippen LogP contribution in [0.15, 0.2) is 24.4 Å². The molecule has 1 aromatic carbocycles. The van der Waals surface area contributed by atoms with Crippen LogP contribution in [-0.4, -0.2) is 22.1 Å². The number of aromatic nitrogens is 1. The van der Waals surface area contributed by atoms with E-state index >= 15 is 0 Å². The summed E-state index contributed by atoms with van der Waals surface area (Å²) < 4.78 is 0. The predicted molar refractivity (Wildman–Crippen MR) is 81.6 cm³/mol. The average Bonchev–Trinajstić information content (AvgIpc) is 2.75. The maximum Gasteiger partial charge on any atom is 0.339 e. The number of benzene rings is 1. The number of hydrogen-bond acceptors (Lipinski definition) is 2. The van der Waals surface area contributed by atoms with E-state index in [1.54, 1.807) is 19.1 Å². The Morgan fingerprint density at radius 1 is 1.19 bits per heavy atom. The lowest BCUT2D eigenvalue weighted by Crippen LogP contribution is -2.20. The minimum atomic E-state index is -1.13. The molecule has 0 saturated carbocycles. The molecule has 0 atom stereocenters. The normalized spacial score (nSPS) is 10.2. The van der Waals surface area contributed by atoms with E-state index in [-0.39, 0.29) is 11.3 Å². The van der Waals surface area contributed by atoms with Crippen molar-refractivity contribution in [1.29, 1.82) is 0 Å². The second-order valence-electron chi connectivity index (χ2n) is 4.22. The van der Waals surface area contributed by atoms with Gasteiger partial charge in [-0.15, -0.1) is 0 Å². The van der Waals surface area contributed by atoms with Crippen LogP contribution >= 0.6 is 23.2 Å². The van der Waals surface area contributed by atoms with Crippen molar-refractivity contribution in [3.05, 3.63) is 45.7 Å². The molecule has 0 aliphatic rings. The molecule has 110 valence electrons. The van der Waals surface area contributed by atoms with E-state index in [1.807, 2.05) is 0 Å². The third kappa shape index (κ3) is 3.48. The van der Waals surface area contributed by atoms with Gasteiger partial charge in [0.05, 0.1) is 15.7 Å². The maximum absolute atomic E-state index is 11.9. The van der Waals surface area contributed by atoms with Gasteiger partial charge in [-0.1, -0.05) is 23.2 Å². The highest BCUT2D eigenvalue weighted by atomic mass is 35.5. The third-order valence-corrected chi connectivity index (χ3v) is 3.46. The first-order valence-electron chi connectivity index (χ1n) is 5.83. The number of carboxylic acids is 1. The highest BCUT2D eigenvalue weighted by Gasteiger charge is 2.17. The van der Waals surface area contributed by atoms with Crippen molar-refractivity contribution >= 4 is 46.6 Å². The topological polar surface area (TPSA) is 94.2 Å². The summed E-state index contributed by atoms with van der Waals surface area (Å²) >= 11 is 11.6. The second-order valence-corrected chi connectivity index (χ2v) is 5.03. The zero-order chi connectivity index (χ0) is 15.6. The fourth-order valence-electron chi connectivity index (χ4n) is 1.76. The number of halogens is 2. The monoisotopic (exact) mass is 327 g/mol. The minimum Gasteiger partial charge on any atom is -0.478 e. The van der Waals surface area contributed by atoms with Crippen LogP contribution in [0.3, 0.4) is 0 Å². The van der Waals surface area contributed by atoms with Crippen LogP contribution in [0.25, 0.3) is 0 Å². The first-order valence-corrected chi connectivity index (χ1v) is 6.58. The van der Waals surface area contributed by atoms with Crippen LogP contribution in [0.5, 0.6) is 0 Å². The molecule has 1 heterocycles. The number of rotatable bonds is 3. The van der Waals surface area contributed by atoms with Crippen LogP contribution in [0.4, 0.5) is 16.2 Å². The third-order valence-electron chi connectivity index (χ3n) is 2.72. The number of carbonyl (C=O) groups excluding carboxylic acids is 1. The summed E-state index contributed by atoms with van der Waals surface area (Å²) in [6.45, 7) is 1.60. The molecule has 6 nitrogen and oxygen atoms in total. The fraction of sp³-hybridized carbons (Fsp3) is 0.0769. The van der Waals surface area contributed by atoms with Gasteiger partial charge in [0.1, 0.15) is 5.56 Å². The summed E-state index contributed by atoms with van der Waals surface area (Å²) in [6, 6.07) is 4.02. The Labute approximate surface area is 130 Å². The van der Waals surface area contributed by atoms with Gasteiger partial charge in [0.15, 0.2) is 0 Å². The smallest absolute Gasteiger partial charge is 0.339 e. The molecule has 2 amide bonds. The SMILES string of the molecule is Cc1[nH]cc(NC(=O)Nc2ccc(Cl)c(Cl)c2)c1C(=O)O. The van der Waals surface area contributed by atoms with E-state index in [9.17, 15) is 9.59 Å². The molecule has 0 spiro atoms. The lowest BCUT2D eigenvalue weighted by molar-refractivity contribution is 0.0697. The largest absolute Gasteiger partial charge is 0.478 e. The number of anilines is 2. The molecular formula is C13H11Cl2N3O3. The van der Waals surface area contributed by atoms with Crippen LogP contribution in [0.2, 0.25) is 10.0 Å². The molecular weight excluding hydrogens is 317 g/mol. The van der Waals surface area contributed by atoms with Gasteiger partial charge in [-0.2, -0.15) is 0 Å². The van der Waals surface area contributed by atoms with Gasteiger partial charge in [-0.05, 0) is 25.1 Å². The predicted octanol–water partition coefficient (Wildman–Crippen LogP) is 3.97. The molecule has 21 heavy (non-hydrogen) atoms. The molecule has 2 aromatic rings. The van der Waals surface area contributed by atoms with Gasteiger partial charge in [-0.3, -0.25) is 0 Å². The molecule has 8 heteroatoms. The van der Waals surface area contributed by atoms with Gasteiger partial charge < -0.3 is 20.7 Å². The van der Waals surface area contributed by atoms with Crippen LogP contribution in [0, 0.1) is 6.92 Å². The van der Waals surface area contributed by atoms with Gasteiger partial charge in [0.25, 0.3) is 0 Å². The maximum atomic E-state index is 11.9. The molecule has 0 unspecified atom stereocenters. The standard InChI is InChI=1S/C13H11Cl2N3O3/c1-6-11(12(19)20)10(5-16-6)18-13(21)17-7-2-3-8(14)9(15)4-7/h2-5,16H,1H3,(H,19,20)(H2,17,18,21). The minimum absolute atomic E-state index is 0.0132. The molecule has 4 N–H and O–H groups in total. The lowest BCUT2D eigenvalue weighted by atomic mass is 10.2. The van der Waals surface area contributed by atoms with Gasteiger partial charge in [0, 0.05) is 17.6 Å². The molecule has 1 aromatic heterocycles. The Hall–Kier alpha value is -2.18. The van der Waals surface area contributed by atoms with Crippen molar-refractivity contribution in [3.8, 4) is 0 Å². The van der Waals surface area contributed by atoms with E-state index in [1.165, 1.54) is 12.3 Å². The summed E-state index contributed by atoms with van der Waals surface area (Å²) in [4.78, 5) is 25.7. The summed E-state index contributed by atoms with van der Waals surface area (Å²) in [6.07, 6.45) is 1.41. The number of carbonyl (C=O) groups is 2. The number of aryl methyl sites for hydroxylation is 1. The van der Waals surface area contributed by atoms with Gasteiger partial charge in [-0.25, -0.2) is 9.59 Å². The molecule has 2 rings (SSSR count). The number of hydrogen-bond donors (Lipinski definition) is 4. The number of H-pyrrole nitrogens is 1. The van der Waals surface area contributed by atoms with E-state index in [2.05, 4.69) is 15.6 Å². The molecule has 0 radical (unpaired) electrons. The molecule has 0 aliphatic heterocycles. The first kappa shape index (κ1) is 15.2. The van der Waals surface area contributed by atoms with Crippen molar-refractivity contribution in [2.75, 3.05) is 10.6 Å². The van der Waals surface area contributed by atoms with E-state index in [4.69, 9.17) is 28.3 Å². The zero-order valence-electron chi connectivity index (χ0n) is 10.8. The van der Waals surface area contributed by atoms with Gasteiger partial charge >= 0.3 is 12.0 Å². The van der Waals surface area contributed by atoms with Gasteiger partial charge in [0.2, 0.25) is 0 Å². The van der Waals surface area contributed by atoms with Crippen LogP contribution < -0.4 is 10.6 Å². The highest BCUT2D eigenvalue weighted by molar-refractivity contribution is 6.42. The Bertz CT molecular complexity index is 713. The van der Waals surface area contributed by atoms with Crippen molar-refractivity contribution in [1.82, 2.24) is 4.98 Å². The van der Waals surface area contributed by atoms with Crippen molar-refractivity contribution in [2.24, 2.45) is 0 Å². The fourth-order valence-corrected chi connectivity index (χ4v) is 2.06. The van der Waals surface area contributed by atoms with Crippen molar-refractivity contribution in [3.63, 3.8) is 0 Å². The van der Waals surface area contributed by atoms with Crippen LogP contribution in [-0.2, 0) is 0 Å². The summed E-state index contributed by atoms with van der Waals surface area (Å²) in [5.74, 6) is -1.13. The number of aromatic carboxylic acids is 1. The number of nitrogens with one attached hydrogen (secondary N) is 3. The number of carboxylic acid groups (broad SMARTS) is 1. The lowest BCUT2D eigenvalue weighted by Gasteiger charge is -2.08. The second kappa shape index (κ2) is 6.07. The van der Waals surface area contributed by atoms with E-state index in [0.29, 0.717) is 21.4 Å². The Balaban J connectivity index is 2.12. The van der Waals surface area contributed by atoms with Crippen LogP contribution in [0.1, 0.15) is 16.1 Å². The Morgan fingerprint density at radius 2 is 1.90 bits per heavy atom. The Kier molecular flexibility index (Phi) is 4.40.